The molecule has 1 heterocycles. The number of aliphatic imine (C=N–C) groups is 1. The number of guanidine groups is 1. The minimum Gasteiger partial charge on any atom is -0.369 e. The Balaban J connectivity index is 2.66. The Kier molecular flexibility index (Phi) is 2.65. The summed E-state index contributed by atoms with van der Waals surface area (Å²) in [6, 6.07) is -0.0419. The number of hydrazine groups is 1. The van der Waals surface area contributed by atoms with Crippen molar-refractivity contribution < 1.29 is 0 Å². The van der Waals surface area contributed by atoms with E-state index in [1.165, 1.54) is 0 Å². The van der Waals surface area contributed by atoms with Gasteiger partial charge in [-0.15, -0.1) is 0 Å². The predicted molar refractivity (Wildman–Crippen MR) is 45.9 cm³/mol. The summed E-state index contributed by atoms with van der Waals surface area (Å²) in [6.07, 6.45) is 3.45. The maximum atomic E-state index is 5.36. The van der Waals surface area contributed by atoms with E-state index in [4.69, 9.17) is 11.6 Å². The molecule has 0 radical (unpaired) electrons. The number of nitrogens with zero attached hydrogens (tertiary/aromatic N) is 2. The van der Waals surface area contributed by atoms with E-state index < -0.39 is 0 Å². The van der Waals surface area contributed by atoms with E-state index in [1.54, 1.807) is 12.4 Å². The number of nitrogens with two attached hydrogens (primary N) is 2. The fraction of sp³-hybridized carbons (Fsp3) is 0.333. The van der Waals surface area contributed by atoms with Crippen LogP contribution in [-0.4, -0.2) is 16.2 Å². The minimum atomic E-state index is -0.0419. The van der Waals surface area contributed by atoms with Crippen LogP contribution in [0.1, 0.15) is 18.5 Å². The standard InChI is InChI=1S/C6H12N6/c1-4(11-6(7)12-8)5-2-9-10-3-5/h2-4H,8H2,1H3,(H,9,10)(H3,7,11,12). The molecule has 0 spiro atoms. The Labute approximate surface area is 70.0 Å². The van der Waals surface area contributed by atoms with Crippen LogP contribution in [0.5, 0.6) is 0 Å². The van der Waals surface area contributed by atoms with Gasteiger partial charge in [0.1, 0.15) is 0 Å². The smallest absolute Gasteiger partial charge is 0.203 e. The van der Waals surface area contributed by atoms with Gasteiger partial charge in [-0.05, 0) is 6.92 Å². The van der Waals surface area contributed by atoms with Crippen molar-refractivity contribution in [2.75, 3.05) is 0 Å². The second kappa shape index (κ2) is 3.72. The normalized spacial score (nSPS) is 14.3. The summed E-state index contributed by atoms with van der Waals surface area (Å²) in [5.41, 5.74) is 8.58. The highest BCUT2D eigenvalue weighted by atomic mass is 15.3. The highest BCUT2D eigenvalue weighted by molar-refractivity contribution is 5.77. The lowest BCUT2D eigenvalue weighted by molar-refractivity contribution is 0.802. The average molecular weight is 168 g/mol. The van der Waals surface area contributed by atoms with Gasteiger partial charge in [0.25, 0.3) is 0 Å². The average Bonchev–Trinajstić information content (AvgIpc) is 2.56. The van der Waals surface area contributed by atoms with Gasteiger partial charge in [0.2, 0.25) is 5.96 Å². The SMILES string of the molecule is CC(N=C(N)NN)c1cn[nH]c1. The summed E-state index contributed by atoms with van der Waals surface area (Å²) in [7, 11) is 0. The minimum absolute atomic E-state index is 0.0419. The van der Waals surface area contributed by atoms with Crippen LogP contribution in [0.3, 0.4) is 0 Å². The molecule has 1 aromatic heterocycles. The highest BCUT2D eigenvalue weighted by Crippen LogP contribution is 2.13. The van der Waals surface area contributed by atoms with E-state index in [0.29, 0.717) is 0 Å². The second-order valence-corrected chi connectivity index (χ2v) is 2.37. The molecule has 1 rings (SSSR count). The molecule has 1 aromatic rings. The van der Waals surface area contributed by atoms with Gasteiger partial charge in [0.05, 0.1) is 12.2 Å². The summed E-state index contributed by atoms with van der Waals surface area (Å²) in [5.74, 6) is 5.26. The molecule has 0 bridgehead atoms. The molecule has 0 aliphatic rings. The number of H-pyrrole nitrogens is 1. The lowest BCUT2D eigenvalue weighted by atomic mass is 10.2. The summed E-state index contributed by atoms with van der Waals surface area (Å²) >= 11 is 0. The monoisotopic (exact) mass is 168 g/mol. The number of aromatic amines is 1. The number of nitrogens with one attached hydrogen (secondary N) is 2. The van der Waals surface area contributed by atoms with Crippen LogP contribution in [0.15, 0.2) is 17.4 Å². The van der Waals surface area contributed by atoms with E-state index >= 15 is 0 Å². The third kappa shape index (κ3) is 1.96. The van der Waals surface area contributed by atoms with Crippen molar-refractivity contribution in [2.45, 2.75) is 13.0 Å². The third-order valence-electron chi connectivity index (χ3n) is 1.48. The Morgan fingerprint density at radius 3 is 3.08 bits per heavy atom. The van der Waals surface area contributed by atoms with E-state index in [2.05, 4.69) is 20.6 Å². The lowest BCUT2D eigenvalue weighted by Crippen LogP contribution is -2.37. The van der Waals surface area contributed by atoms with Crippen LogP contribution in [0.25, 0.3) is 0 Å². The van der Waals surface area contributed by atoms with E-state index in [0.717, 1.165) is 5.56 Å². The van der Waals surface area contributed by atoms with E-state index in [1.807, 2.05) is 6.92 Å². The van der Waals surface area contributed by atoms with Crippen LogP contribution in [0.4, 0.5) is 0 Å². The van der Waals surface area contributed by atoms with Gasteiger partial charge in [-0.2, -0.15) is 5.10 Å². The van der Waals surface area contributed by atoms with Crippen molar-refractivity contribution in [2.24, 2.45) is 16.6 Å². The molecular weight excluding hydrogens is 156 g/mol. The van der Waals surface area contributed by atoms with Crippen LogP contribution >= 0.6 is 0 Å². The predicted octanol–water partition coefficient (Wildman–Crippen LogP) is -0.751. The molecule has 0 fully saturated rings. The molecule has 0 aliphatic carbocycles. The zero-order valence-corrected chi connectivity index (χ0v) is 6.78. The molecule has 0 saturated carbocycles. The van der Waals surface area contributed by atoms with Crippen molar-refractivity contribution in [1.82, 2.24) is 15.6 Å². The van der Waals surface area contributed by atoms with Gasteiger partial charge in [0.15, 0.2) is 0 Å². The van der Waals surface area contributed by atoms with Gasteiger partial charge in [-0.25, -0.2) is 10.8 Å². The number of hydrogen-bond acceptors (Lipinski definition) is 3. The van der Waals surface area contributed by atoms with E-state index in [-0.39, 0.29) is 12.0 Å². The maximum Gasteiger partial charge on any atom is 0.203 e. The first kappa shape index (κ1) is 8.54. The quantitative estimate of drug-likeness (QED) is 0.202. The summed E-state index contributed by atoms with van der Waals surface area (Å²) in [5, 5.41) is 6.48. The highest BCUT2D eigenvalue weighted by Gasteiger charge is 2.03. The van der Waals surface area contributed by atoms with Gasteiger partial charge < -0.3 is 5.73 Å². The molecule has 1 atom stereocenters. The molecule has 0 aromatic carbocycles. The van der Waals surface area contributed by atoms with Crippen LogP contribution in [-0.2, 0) is 0 Å². The fourth-order valence-corrected chi connectivity index (χ4v) is 0.810. The number of aromatic nitrogens is 2. The third-order valence-corrected chi connectivity index (χ3v) is 1.48. The molecule has 0 aliphatic heterocycles. The zero-order chi connectivity index (χ0) is 8.97. The molecule has 66 valence electrons. The fourth-order valence-electron chi connectivity index (χ4n) is 0.810. The molecule has 6 nitrogen and oxygen atoms in total. The van der Waals surface area contributed by atoms with Gasteiger partial charge >= 0.3 is 0 Å². The van der Waals surface area contributed by atoms with Crippen LogP contribution in [0.2, 0.25) is 0 Å². The Bertz CT molecular complexity index is 251. The Morgan fingerprint density at radius 2 is 2.58 bits per heavy atom. The molecule has 12 heavy (non-hydrogen) atoms. The first-order chi connectivity index (χ1) is 5.74. The Hall–Kier alpha value is -1.56. The van der Waals surface area contributed by atoms with Gasteiger partial charge in [-0.3, -0.25) is 10.5 Å². The van der Waals surface area contributed by atoms with Crippen LogP contribution < -0.4 is 17.0 Å². The van der Waals surface area contributed by atoms with Crippen LogP contribution in [0, 0.1) is 0 Å². The van der Waals surface area contributed by atoms with E-state index in [9.17, 15) is 0 Å². The first-order valence-electron chi connectivity index (χ1n) is 3.52. The number of hydrogen-bond donors (Lipinski definition) is 4. The second-order valence-electron chi connectivity index (χ2n) is 2.37. The molecule has 0 saturated heterocycles. The summed E-state index contributed by atoms with van der Waals surface area (Å²) in [4.78, 5) is 4.04. The van der Waals surface area contributed by atoms with Crippen molar-refractivity contribution >= 4 is 5.96 Å². The van der Waals surface area contributed by atoms with Gasteiger partial charge in [0, 0.05) is 11.8 Å². The summed E-state index contributed by atoms with van der Waals surface area (Å²) < 4.78 is 0. The topological polar surface area (TPSA) is 105 Å². The lowest BCUT2D eigenvalue weighted by Gasteiger charge is -2.04. The maximum absolute atomic E-state index is 5.36. The molecule has 6 heteroatoms. The molecule has 0 amide bonds. The molecule has 1 unspecified atom stereocenters. The molecule has 6 N–H and O–H groups in total. The largest absolute Gasteiger partial charge is 0.369 e. The molecular formula is C6H12N6. The Morgan fingerprint density at radius 1 is 1.83 bits per heavy atom. The number of rotatable bonds is 2. The van der Waals surface area contributed by atoms with Crippen molar-refractivity contribution in [3.8, 4) is 0 Å². The van der Waals surface area contributed by atoms with Gasteiger partial charge in [-0.1, -0.05) is 0 Å². The summed E-state index contributed by atoms with van der Waals surface area (Å²) in [6.45, 7) is 1.90. The van der Waals surface area contributed by atoms with Crippen molar-refractivity contribution in [3.05, 3.63) is 18.0 Å². The van der Waals surface area contributed by atoms with Crippen molar-refractivity contribution in [3.63, 3.8) is 0 Å². The zero-order valence-electron chi connectivity index (χ0n) is 6.78. The first-order valence-corrected chi connectivity index (χ1v) is 3.52. The van der Waals surface area contributed by atoms with Crippen molar-refractivity contribution in [1.29, 1.82) is 0 Å².